The fourth-order valence-electron chi connectivity index (χ4n) is 2.33. The highest BCUT2D eigenvalue weighted by molar-refractivity contribution is 6.31. The second-order valence-corrected chi connectivity index (χ2v) is 5.07. The molecule has 1 fully saturated rings. The Bertz CT molecular complexity index is 445. The van der Waals surface area contributed by atoms with Gasteiger partial charge < -0.3 is 10.2 Å². The van der Waals surface area contributed by atoms with E-state index in [1.54, 1.807) is 6.07 Å². The molecule has 0 aliphatic carbocycles. The van der Waals surface area contributed by atoms with Crippen molar-refractivity contribution in [2.45, 2.75) is 25.8 Å². The third kappa shape index (κ3) is 3.16. The SMILES string of the molecule is CCN1CCC(Nc2ccc(Cl)c(C#N)c2)CC1. The van der Waals surface area contributed by atoms with Gasteiger partial charge in [0.2, 0.25) is 0 Å². The number of hydrogen-bond donors (Lipinski definition) is 1. The van der Waals surface area contributed by atoms with Crippen LogP contribution in [0.25, 0.3) is 0 Å². The van der Waals surface area contributed by atoms with Gasteiger partial charge in [0.1, 0.15) is 6.07 Å². The van der Waals surface area contributed by atoms with E-state index in [1.165, 1.54) is 0 Å². The molecule has 1 heterocycles. The molecule has 1 aliphatic heterocycles. The lowest BCUT2D eigenvalue weighted by Crippen LogP contribution is -2.38. The maximum absolute atomic E-state index is 8.95. The number of piperidine rings is 1. The van der Waals surface area contributed by atoms with Gasteiger partial charge in [-0.05, 0) is 37.6 Å². The largest absolute Gasteiger partial charge is 0.382 e. The van der Waals surface area contributed by atoms with Crippen LogP contribution in [0, 0.1) is 11.3 Å². The van der Waals surface area contributed by atoms with Crippen LogP contribution in [0.1, 0.15) is 25.3 Å². The molecule has 4 heteroatoms. The summed E-state index contributed by atoms with van der Waals surface area (Å²) in [6, 6.07) is 8.16. The first-order valence-corrected chi connectivity index (χ1v) is 6.79. The van der Waals surface area contributed by atoms with E-state index in [-0.39, 0.29) is 0 Å². The molecule has 0 radical (unpaired) electrons. The summed E-state index contributed by atoms with van der Waals surface area (Å²) in [6.45, 7) is 5.62. The van der Waals surface area contributed by atoms with E-state index in [4.69, 9.17) is 16.9 Å². The van der Waals surface area contributed by atoms with Crippen molar-refractivity contribution in [2.24, 2.45) is 0 Å². The van der Waals surface area contributed by atoms with Gasteiger partial charge in [-0.1, -0.05) is 18.5 Å². The molecule has 1 aromatic carbocycles. The molecule has 1 saturated heterocycles. The monoisotopic (exact) mass is 263 g/mol. The number of likely N-dealkylation sites (tertiary alicyclic amines) is 1. The molecule has 0 aromatic heterocycles. The summed E-state index contributed by atoms with van der Waals surface area (Å²) in [7, 11) is 0. The minimum absolute atomic E-state index is 0.500. The van der Waals surface area contributed by atoms with Crippen molar-refractivity contribution in [3.05, 3.63) is 28.8 Å². The Kier molecular flexibility index (Phi) is 4.46. The molecule has 0 saturated carbocycles. The van der Waals surface area contributed by atoms with Gasteiger partial charge in [0.25, 0.3) is 0 Å². The van der Waals surface area contributed by atoms with Crippen molar-refractivity contribution in [3.8, 4) is 6.07 Å². The number of anilines is 1. The van der Waals surface area contributed by atoms with Crippen molar-refractivity contribution in [1.29, 1.82) is 5.26 Å². The average Bonchev–Trinajstić information content (AvgIpc) is 2.42. The molecule has 1 aromatic rings. The molecule has 0 atom stereocenters. The molecule has 1 N–H and O–H groups in total. The minimum Gasteiger partial charge on any atom is -0.382 e. The van der Waals surface area contributed by atoms with Crippen molar-refractivity contribution in [2.75, 3.05) is 25.0 Å². The Morgan fingerprint density at radius 1 is 1.44 bits per heavy atom. The highest BCUT2D eigenvalue weighted by atomic mass is 35.5. The molecule has 1 aliphatic rings. The van der Waals surface area contributed by atoms with Gasteiger partial charge in [0.15, 0.2) is 0 Å². The van der Waals surface area contributed by atoms with Crippen LogP contribution >= 0.6 is 11.6 Å². The maximum atomic E-state index is 8.95. The molecule has 0 amide bonds. The summed E-state index contributed by atoms with van der Waals surface area (Å²) in [5.74, 6) is 0. The third-order valence-corrected chi connectivity index (χ3v) is 3.82. The number of hydrogen-bond acceptors (Lipinski definition) is 3. The fourth-order valence-corrected chi connectivity index (χ4v) is 2.49. The standard InChI is InChI=1S/C14H18ClN3/c1-2-18-7-5-12(6-8-18)17-13-3-4-14(15)11(9-13)10-16/h3-4,9,12,17H,2,5-8H2,1H3. The molecule has 2 rings (SSSR count). The Hall–Kier alpha value is -1.24. The zero-order chi connectivity index (χ0) is 13.0. The number of rotatable bonds is 3. The van der Waals surface area contributed by atoms with E-state index < -0.39 is 0 Å². The summed E-state index contributed by atoms with van der Waals surface area (Å²) >= 11 is 5.92. The molecule has 96 valence electrons. The van der Waals surface area contributed by atoms with Crippen LogP contribution in [0.2, 0.25) is 5.02 Å². The quantitative estimate of drug-likeness (QED) is 0.911. The number of benzene rings is 1. The van der Waals surface area contributed by atoms with Crippen LogP contribution < -0.4 is 5.32 Å². The van der Waals surface area contributed by atoms with Gasteiger partial charge in [-0.15, -0.1) is 0 Å². The van der Waals surface area contributed by atoms with E-state index in [0.29, 0.717) is 16.6 Å². The Morgan fingerprint density at radius 2 is 2.17 bits per heavy atom. The predicted octanol–water partition coefficient (Wildman–Crippen LogP) is 3.11. The van der Waals surface area contributed by atoms with Gasteiger partial charge in [-0.25, -0.2) is 0 Å². The Morgan fingerprint density at radius 3 is 2.78 bits per heavy atom. The highest BCUT2D eigenvalue weighted by Gasteiger charge is 2.17. The molecule has 0 spiro atoms. The van der Waals surface area contributed by atoms with Crippen LogP contribution in [-0.4, -0.2) is 30.6 Å². The zero-order valence-corrected chi connectivity index (χ0v) is 11.4. The zero-order valence-electron chi connectivity index (χ0n) is 10.6. The van der Waals surface area contributed by atoms with Crippen molar-refractivity contribution < 1.29 is 0 Å². The number of nitriles is 1. The van der Waals surface area contributed by atoms with Crippen molar-refractivity contribution in [1.82, 2.24) is 4.90 Å². The average molecular weight is 264 g/mol. The summed E-state index contributed by atoms with van der Waals surface area (Å²) < 4.78 is 0. The lowest BCUT2D eigenvalue weighted by molar-refractivity contribution is 0.229. The molecule has 0 unspecified atom stereocenters. The van der Waals surface area contributed by atoms with Crippen LogP contribution in [0.15, 0.2) is 18.2 Å². The predicted molar refractivity (Wildman–Crippen MR) is 74.9 cm³/mol. The van der Waals surface area contributed by atoms with Crippen LogP contribution in [0.5, 0.6) is 0 Å². The van der Waals surface area contributed by atoms with Gasteiger partial charge in [0.05, 0.1) is 10.6 Å². The van der Waals surface area contributed by atoms with Gasteiger partial charge in [-0.3, -0.25) is 0 Å². The maximum Gasteiger partial charge on any atom is 0.101 e. The van der Waals surface area contributed by atoms with E-state index >= 15 is 0 Å². The number of nitrogens with zero attached hydrogens (tertiary/aromatic N) is 2. The smallest absolute Gasteiger partial charge is 0.101 e. The molecule has 3 nitrogen and oxygen atoms in total. The van der Waals surface area contributed by atoms with Gasteiger partial charge in [0, 0.05) is 24.8 Å². The first-order valence-electron chi connectivity index (χ1n) is 6.41. The Labute approximate surface area is 113 Å². The van der Waals surface area contributed by atoms with Crippen LogP contribution in [0.4, 0.5) is 5.69 Å². The topological polar surface area (TPSA) is 39.1 Å². The summed E-state index contributed by atoms with van der Waals surface area (Å²) in [6.07, 6.45) is 2.30. The Balaban J connectivity index is 1.96. The second kappa shape index (κ2) is 6.08. The second-order valence-electron chi connectivity index (χ2n) is 4.66. The first kappa shape index (κ1) is 13.2. The van der Waals surface area contributed by atoms with Crippen molar-refractivity contribution >= 4 is 17.3 Å². The normalized spacial score (nSPS) is 17.4. The third-order valence-electron chi connectivity index (χ3n) is 3.49. The fraction of sp³-hybridized carbons (Fsp3) is 0.500. The van der Waals surface area contributed by atoms with E-state index in [0.717, 1.165) is 38.2 Å². The summed E-state index contributed by atoms with van der Waals surface area (Å²) in [5, 5.41) is 13.0. The lowest BCUT2D eigenvalue weighted by Gasteiger charge is -2.32. The highest BCUT2D eigenvalue weighted by Crippen LogP contribution is 2.22. The lowest BCUT2D eigenvalue weighted by atomic mass is 10.0. The molecular formula is C14H18ClN3. The molecular weight excluding hydrogens is 246 g/mol. The van der Waals surface area contributed by atoms with Crippen LogP contribution in [-0.2, 0) is 0 Å². The van der Waals surface area contributed by atoms with E-state index in [1.807, 2.05) is 12.1 Å². The van der Waals surface area contributed by atoms with E-state index in [9.17, 15) is 0 Å². The van der Waals surface area contributed by atoms with Crippen molar-refractivity contribution in [3.63, 3.8) is 0 Å². The molecule has 0 bridgehead atoms. The first-order chi connectivity index (χ1) is 8.72. The minimum atomic E-state index is 0.500. The summed E-state index contributed by atoms with van der Waals surface area (Å²) in [5.41, 5.74) is 1.53. The van der Waals surface area contributed by atoms with E-state index in [2.05, 4.69) is 23.2 Å². The number of halogens is 1. The van der Waals surface area contributed by atoms with Gasteiger partial charge >= 0.3 is 0 Å². The number of nitrogens with one attached hydrogen (secondary N) is 1. The summed E-state index contributed by atoms with van der Waals surface area (Å²) in [4.78, 5) is 2.46. The van der Waals surface area contributed by atoms with Crippen LogP contribution in [0.3, 0.4) is 0 Å². The molecule has 18 heavy (non-hydrogen) atoms. The van der Waals surface area contributed by atoms with Gasteiger partial charge in [-0.2, -0.15) is 5.26 Å².